The Morgan fingerprint density at radius 2 is 1.63 bits per heavy atom. The van der Waals surface area contributed by atoms with Crippen molar-refractivity contribution >= 4 is 11.6 Å². The van der Waals surface area contributed by atoms with Gasteiger partial charge < -0.3 is 19.5 Å². The minimum absolute atomic E-state index is 0.0850. The maximum Gasteiger partial charge on any atom is 0.224 e. The van der Waals surface area contributed by atoms with Gasteiger partial charge in [-0.25, -0.2) is 4.68 Å². The number of hydrogen-bond donors (Lipinski definition) is 1. The van der Waals surface area contributed by atoms with Crippen molar-refractivity contribution in [1.82, 2.24) is 9.78 Å². The third-order valence-corrected chi connectivity index (χ3v) is 4.98. The Bertz CT molecular complexity index is 1020. The van der Waals surface area contributed by atoms with Gasteiger partial charge in [-0.15, -0.1) is 0 Å². The highest BCUT2D eigenvalue weighted by molar-refractivity contribution is 5.91. The maximum absolute atomic E-state index is 12.5. The zero-order chi connectivity index (χ0) is 21.7. The minimum atomic E-state index is -0.0850. The molecule has 0 aliphatic rings. The third-order valence-electron chi connectivity index (χ3n) is 4.98. The first kappa shape index (κ1) is 21.2. The number of aryl methyl sites for hydroxylation is 1. The molecule has 0 saturated heterocycles. The molecule has 0 bridgehead atoms. The van der Waals surface area contributed by atoms with Crippen LogP contribution in [-0.2, 0) is 11.2 Å². The second kappa shape index (κ2) is 9.35. The van der Waals surface area contributed by atoms with Crippen LogP contribution in [0.25, 0.3) is 5.69 Å². The number of nitrogens with one attached hydrogen (secondary N) is 1. The Morgan fingerprint density at radius 3 is 2.27 bits per heavy atom. The molecule has 0 unspecified atom stereocenters. The second-order valence-corrected chi connectivity index (χ2v) is 6.91. The molecular weight excluding hydrogens is 382 g/mol. The molecule has 0 atom stereocenters. The van der Waals surface area contributed by atoms with Crippen LogP contribution in [0.2, 0.25) is 0 Å². The number of anilines is 1. The SMILES string of the molecule is COc1cc(NC(=O)CCc2c(C)nn(-c3cccc(OC)c3)c2C)cc(OC)c1. The third kappa shape index (κ3) is 4.74. The predicted molar refractivity (Wildman–Crippen MR) is 116 cm³/mol. The average Bonchev–Trinajstić information content (AvgIpc) is 3.05. The Morgan fingerprint density at radius 1 is 0.967 bits per heavy atom. The smallest absolute Gasteiger partial charge is 0.224 e. The Kier molecular flexibility index (Phi) is 6.61. The fraction of sp³-hybridized carbons (Fsp3) is 0.304. The van der Waals surface area contributed by atoms with Crippen molar-refractivity contribution in [1.29, 1.82) is 0 Å². The lowest BCUT2D eigenvalue weighted by atomic mass is 10.1. The summed E-state index contributed by atoms with van der Waals surface area (Å²) in [5, 5.41) is 7.57. The number of carbonyl (C=O) groups is 1. The number of aromatic nitrogens is 2. The summed E-state index contributed by atoms with van der Waals surface area (Å²) in [5.41, 5.74) is 4.55. The minimum Gasteiger partial charge on any atom is -0.497 e. The molecule has 1 heterocycles. The highest BCUT2D eigenvalue weighted by atomic mass is 16.5. The van der Waals surface area contributed by atoms with Crippen molar-refractivity contribution in [2.45, 2.75) is 26.7 Å². The Labute approximate surface area is 176 Å². The Hall–Kier alpha value is -3.48. The van der Waals surface area contributed by atoms with Gasteiger partial charge in [0.25, 0.3) is 0 Å². The number of nitrogens with zero attached hydrogens (tertiary/aromatic N) is 2. The van der Waals surface area contributed by atoms with E-state index in [-0.39, 0.29) is 5.91 Å². The zero-order valence-electron chi connectivity index (χ0n) is 18.0. The van der Waals surface area contributed by atoms with Crippen LogP contribution in [0.15, 0.2) is 42.5 Å². The first-order chi connectivity index (χ1) is 14.4. The average molecular weight is 409 g/mol. The molecule has 7 heteroatoms. The fourth-order valence-corrected chi connectivity index (χ4v) is 3.37. The van der Waals surface area contributed by atoms with E-state index in [1.807, 2.05) is 42.8 Å². The highest BCUT2D eigenvalue weighted by Gasteiger charge is 2.15. The summed E-state index contributed by atoms with van der Waals surface area (Å²) in [7, 11) is 4.79. The molecule has 0 aliphatic carbocycles. The van der Waals surface area contributed by atoms with Crippen LogP contribution in [0.1, 0.15) is 23.4 Å². The van der Waals surface area contributed by atoms with Gasteiger partial charge in [0.2, 0.25) is 5.91 Å². The highest BCUT2D eigenvalue weighted by Crippen LogP contribution is 2.26. The summed E-state index contributed by atoms with van der Waals surface area (Å²) in [6, 6.07) is 13.0. The summed E-state index contributed by atoms with van der Waals surface area (Å²) in [6.45, 7) is 3.98. The van der Waals surface area contributed by atoms with Crippen LogP contribution in [0, 0.1) is 13.8 Å². The van der Waals surface area contributed by atoms with Gasteiger partial charge >= 0.3 is 0 Å². The molecule has 0 aliphatic heterocycles. The second-order valence-electron chi connectivity index (χ2n) is 6.91. The standard InChI is InChI=1S/C23H27N3O4/c1-15-22(16(2)26(25-15)18-7-6-8-19(13-18)28-3)9-10-23(27)24-17-11-20(29-4)14-21(12-17)30-5/h6-8,11-14H,9-10H2,1-5H3,(H,24,27). The fourth-order valence-electron chi connectivity index (χ4n) is 3.37. The van der Waals surface area contributed by atoms with Crippen molar-refractivity contribution in [3.8, 4) is 22.9 Å². The molecule has 2 aromatic carbocycles. The molecule has 0 spiro atoms. The van der Waals surface area contributed by atoms with Crippen molar-refractivity contribution in [3.05, 3.63) is 59.4 Å². The van der Waals surface area contributed by atoms with Gasteiger partial charge in [0.15, 0.2) is 0 Å². The van der Waals surface area contributed by atoms with E-state index in [1.165, 1.54) is 0 Å². The lowest BCUT2D eigenvalue weighted by Gasteiger charge is -2.10. The lowest BCUT2D eigenvalue weighted by Crippen LogP contribution is -2.13. The topological polar surface area (TPSA) is 74.6 Å². The summed E-state index contributed by atoms with van der Waals surface area (Å²) in [6.07, 6.45) is 0.930. The van der Waals surface area contributed by atoms with Gasteiger partial charge in [-0.3, -0.25) is 4.79 Å². The van der Waals surface area contributed by atoms with Crippen LogP contribution >= 0.6 is 0 Å². The molecule has 0 saturated carbocycles. The molecule has 3 rings (SSSR count). The molecule has 158 valence electrons. The zero-order valence-corrected chi connectivity index (χ0v) is 18.0. The van der Waals surface area contributed by atoms with E-state index < -0.39 is 0 Å². The van der Waals surface area contributed by atoms with Crippen molar-refractivity contribution in [2.24, 2.45) is 0 Å². The number of methoxy groups -OCH3 is 3. The number of carbonyl (C=O) groups excluding carboxylic acids is 1. The molecule has 1 amide bonds. The van der Waals surface area contributed by atoms with Gasteiger partial charge in [-0.05, 0) is 38.0 Å². The van der Waals surface area contributed by atoms with E-state index in [2.05, 4.69) is 10.4 Å². The lowest BCUT2D eigenvalue weighted by molar-refractivity contribution is -0.116. The van der Waals surface area contributed by atoms with E-state index in [4.69, 9.17) is 14.2 Å². The van der Waals surface area contributed by atoms with E-state index in [1.54, 1.807) is 39.5 Å². The quantitative estimate of drug-likeness (QED) is 0.607. The van der Waals surface area contributed by atoms with Crippen LogP contribution in [0.3, 0.4) is 0 Å². The van der Waals surface area contributed by atoms with Crippen LogP contribution in [-0.4, -0.2) is 37.0 Å². The van der Waals surface area contributed by atoms with Crippen molar-refractivity contribution in [3.63, 3.8) is 0 Å². The summed E-state index contributed by atoms with van der Waals surface area (Å²) >= 11 is 0. The number of rotatable bonds is 8. The molecule has 3 aromatic rings. The molecule has 0 fully saturated rings. The van der Waals surface area contributed by atoms with Crippen molar-refractivity contribution in [2.75, 3.05) is 26.6 Å². The Balaban J connectivity index is 1.72. The monoisotopic (exact) mass is 409 g/mol. The number of ether oxygens (including phenoxy) is 3. The van der Waals surface area contributed by atoms with E-state index in [9.17, 15) is 4.79 Å². The van der Waals surface area contributed by atoms with Gasteiger partial charge in [-0.1, -0.05) is 6.07 Å². The largest absolute Gasteiger partial charge is 0.497 e. The molecule has 1 N–H and O–H groups in total. The van der Waals surface area contributed by atoms with Gasteiger partial charge in [0.1, 0.15) is 17.2 Å². The number of benzene rings is 2. The van der Waals surface area contributed by atoms with Crippen molar-refractivity contribution < 1.29 is 19.0 Å². The van der Waals surface area contributed by atoms with Crippen LogP contribution in [0.4, 0.5) is 5.69 Å². The predicted octanol–water partition coefficient (Wildman–Crippen LogP) is 4.09. The molecular formula is C23H27N3O4. The van der Waals surface area contributed by atoms with E-state index in [0.29, 0.717) is 30.0 Å². The maximum atomic E-state index is 12.5. The van der Waals surface area contributed by atoms with E-state index >= 15 is 0 Å². The van der Waals surface area contributed by atoms with Gasteiger partial charge in [-0.2, -0.15) is 5.10 Å². The molecule has 7 nitrogen and oxygen atoms in total. The first-order valence-electron chi connectivity index (χ1n) is 9.67. The molecule has 30 heavy (non-hydrogen) atoms. The van der Waals surface area contributed by atoms with Gasteiger partial charge in [0.05, 0.1) is 32.7 Å². The normalized spacial score (nSPS) is 10.6. The summed E-state index contributed by atoms with van der Waals surface area (Å²) in [5.74, 6) is 1.93. The van der Waals surface area contributed by atoms with Gasteiger partial charge in [0, 0.05) is 42.1 Å². The summed E-state index contributed by atoms with van der Waals surface area (Å²) < 4.78 is 17.7. The number of hydrogen-bond acceptors (Lipinski definition) is 5. The molecule has 1 aromatic heterocycles. The first-order valence-corrected chi connectivity index (χ1v) is 9.67. The van der Waals surface area contributed by atoms with Crippen LogP contribution < -0.4 is 19.5 Å². The van der Waals surface area contributed by atoms with E-state index in [0.717, 1.165) is 28.4 Å². The van der Waals surface area contributed by atoms with Crippen LogP contribution in [0.5, 0.6) is 17.2 Å². The molecule has 0 radical (unpaired) electrons. The summed E-state index contributed by atoms with van der Waals surface area (Å²) in [4.78, 5) is 12.5. The number of amides is 1.